The molecule has 0 saturated carbocycles. The maximum atomic E-state index is 11.6. The van der Waals surface area contributed by atoms with E-state index in [2.05, 4.69) is 15.9 Å². The van der Waals surface area contributed by atoms with Crippen LogP contribution in [0, 0.1) is 0 Å². The Kier molecular flexibility index (Phi) is 3.87. The van der Waals surface area contributed by atoms with Gasteiger partial charge in [-0.3, -0.25) is 4.79 Å². The van der Waals surface area contributed by atoms with Crippen LogP contribution in [-0.4, -0.2) is 14.3 Å². The standard InChI is InChI=1S/C9H10BrNO3S/c1-2-9(12)11-15(13,14)8-5-3-4-7(10)6-8/h3-6H,2H2,1H3,(H,11,12). The van der Waals surface area contributed by atoms with E-state index in [4.69, 9.17) is 0 Å². The summed E-state index contributed by atoms with van der Waals surface area (Å²) in [7, 11) is -3.72. The Morgan fingerprint density at radius 2 is 2.13 bits per heavy atom. The van der Waals surface area contributed by atoms with Crippen LogP contribution in [0.25, 0.3) is 0 Å². The predicted molar refractivity (Wildman–Crippen MR) is 59.8 cm³/mol. The van der Waals surface area contributed by atoms with Gasteiger partial charge in [-0.2, -0.15) is 0 Å². The van der Waals surface area contributed by atoms with Gasteiger partial charge in [0.15, 0.2) is 0 Å². The fourth-order valence-corrected chi connectivity index (χ4v) is 2.57. The lowest BCUT2D eigenvalue weighted by Gasteiger charge is -2.05. The molecule has 0 bridgehead atoms. The second-order valence-electron chi connectivity index (χ2n) is 2.84. The van der Waals surface area contributed by atoms with Crippen molar-refractivity contribution in [3.05, 3.63) is 28.7 Å². The lowest BCUT2D eigenvalue weighted by Crippen LogP contribution is -2.29. The topological polar surface area (TPSA) is 63.2 Å². The van der Waals surface area contributed by atoms with Crippen LogP contribution in [0.2, 0.25) is 0 Å². The van der Waals surface area contributed by atoms with Gasteiger partial charge < -0.3 is 0 Å². The molecule has 0 aliphatic rings. The van der Waals surface area contributed by atoms with Crippen LogP contribution in [0.3, 0.4) is 0 Å². The van der Waals surface area contributed by atoms with Crippen molar-refractivity contribution in [3.63, 3.8) is 0 Å². The highest BCUT2D eigenvalue weighted by Gasteiger charge is 2.16. The van der Waals surface area contributed by atoms with Gasteiger partial charge in [0, 0.05) is 10.9 Å². The van der Waals surface area contributed by atoms with Gasteiger partial charge in [-0.15, -0.1) is 0 Å². The zero-order valence-corrected chi connectivity index (χ0v) is 10.4. The molecule has 0 heterocycles. The molecule has 0 aromatic heterocycles. The number of amides is 1. The molecule has 6 heteroatoms. The Bertz CT molecular complexity index is 470. The highest BCUT2D eigenvalue weighted by Crippen LogP contribution is 2.15. The zero-order valence-electron chi connectivity index (χ0n) is 8.03. The van der Waals surface area contributed by atoms with Crippen LogP contribution in [-0.2, 0) is 14.8 Å². The minimum absolute atomic E-state index is 0.0682. The first-order chi connectivity index (χ1) is 6.95. The monoisotopic (exact) mass is 291 g/mol. The van der Waals surface area contributed by atoms with E-state index in [1.54, 1.807) is 19.1 Å². The number of nitrogens with one attached hydrogen (secondary N) is 1. The maximum absolute atomic E-state index is 11.6. The largest absolute Gasteiger partial charge is 0.274 e. The quantitative estimate of drug-likeness (QED) is 0.921. The van der Waals surface area contributed by atoms with Gasteiger partial charge in [0.1, 0.15) is 0 Å². The molecule has 0 unspecified atom stereocenters. The second kappa shape index (κ2) is 4.76. The van der Waals surface area contributed by atoms with Crippen LogP contribution >= 0.6 is 15.9 Å². The predicted octanol–water partition coefficient (Wildman–Crippen LogP) is 1.66. The molecular formula is C9H10BrNO3S. The number of halogens is 1. The first kappa shape index (κ1) is 12.2. The number of hydrogen-bond donors (Lipinski definition) is 1. The minimum atomic E-state index is -3.72. The number of carbonyl (C=O) groups excluding carboxylic acids is 1. The van der Waals surface area contributed by atoms with Crippen molar-refractivity contribution >= 4 is 31.9 Å². The third kappa shape index (κ3) is 3.32. The summed E-state index contributed by atoms with van der Waals surface area (Å²) >= 11 is 3.16. The van der Waals surface area contributed by atoms with Crippen LogP contribution in [0.15, 0.2) is 33.6 Å². The normalized spacial score (nSPS) is 11.1. The molecule has 0 aliphatic carbocycles. The molecule has 1 aromatic rings. The molecule has 0 saturated heterocycles. The lowest BCUT2D eigenvalue weighted by molar-refractivity contribution is -0.119. The molecule has 4 nitrogen and oxygen atoms in total. The average molecular weight is 292 g/mol. The van der Waals surface area contributed by atoms with Crippen LogP contribution in [0.1, 0.15) is 13.3 Å². The molecule has 1 N–H and O–H groups in total. The summed E-state index contributed by atoms with van der Waals surface area (Å²) in [5.41, 5.74) is 0. The van der Waals surface area contributed by atoms with E-state index in [-0.39, 0.29) is 11.3 Å². The lowest BCUT2D eigenvalue weighted by atomic mass is 10.4. The third-order valence-corrected chi connectivity index (χ3v) is 3.54. The zero-order chi connectivity index (χ0) is 11.5. The van der Waals surface area contributed by atoms with Gasteiger partial charge in [-0.05, 0) is 18.2 Å². The van der Waals surface area contributed by atoms with Crippen molar-refractivity contribution in [2.75, 3.05) is 0 Å². The summed E-state index contributed by atoms with van der Waals surface area (Å²) in [6.07, 6.45) is 0.132. The van der Waals surface area contributed by atoms with Crippen molar-refractivity contribution in [1.29, 1.82) is 0 Å². The molecule has 1 rings (SSSR count). The highest BCUT2D eigenvalue weighted by molar-refractivity contribution is 9.10. The summed E-state index contributed by atoms with van der Waals surface area (Å²) in [5, 5.41) is 0. The molecule has 0 spiro atoms. The summed E-state index contributed by atoms with van der Waals surface area (Å²) < 4.78 is 25.8. The Labute approximate surface area is 96.9 Å². The van der Waals surface area contributed by atoms with E-state index in [0.29, 0.717) is 4.47 Å². The molecular weight excluding hydrogens is 282 g/mol. The molecule has 82 valence electrons. The van der Waals surface area contributed by atoms with Crippen LogP contribution in [0.5, 0.6) is 0 Å². The molecule has 15 heavy (non-hydrogen) atoms. The number of benzene rings is 1. The number of sulfonamides is 1. The second-order valence-corrected chi connectivity index (χ2v) is 5.44. The van der Waals surface area contributed by atoms with Gasteiger partial charge in [-0.1, -0.05) is 28.9 Å². The van der Waals surface area contributed by atoms with E-state index in [0.717, 1.165) is 0 Å². The Hall–Kier alpha value is -0.880. The van der Waals surface area contributed by atoms with Crippen molar-refractivity contribution in [2.24, 2.45) is 0 Å². The van der Waals surface area contributed by atoms with Gasteiger partial charge in [0.2, 0.25) is 5.91 Å². The van der Waals surface area contributed by atoms with E-state index in [1.165, 1.54) is 12.1 Å². The van der Waals surface area contributed by atoms with Gasteiger partial charge in [0.05, 0.1) is 4.90 Å². The van der Waals surface area contributed by atoms with Crippen LogP contribution < -0.4 is 4.72 Å². The third-order valence-electron chi connectivity index (χ3n) is 1.68. The van der Waals surface area contributed by atoms with Gasteiger partial charge in [-0.25, -0.2) is 13.1 Å². The number of rotatable bonds is 3. The SMILES string of the molecule is CCC(=O)NS(=O)(=O)c1cccc(Br)c1. The Morgan fingerprint density at radius 3 is 2.67 bits per heavy atom. The summed E-state index contributed by atoms with van der Waals surface area (Å²) in [4.78, 5) is 11.1. The van der Waals surface area contributed by atoms with Gasteiger partial charge >= 0.3 is 0 Å². The summed E-state index contributed by atoms with van der Waals surface area (Å²) in [5.74, 6) is -0.519. The summed E-state index contributed by atoms with van der Waals surface area (Å²) in [6.45, 7) is 1.59. The first-order valence-corrected chi connectivity index (χ1v) is 6.54. The Balaban J connectivity index is 3.01. The molecule has 0 radical (unpaired) electrons. The van der Waals surface area contributed by atoms with Crippen molar-refractivity contribution < 1.29 is 13.2 Å². The van der Waals surface area contributed by atoms with Crippen molar-refractivity contribution in [2.45, 2.75) is 18.2 Å². The molecule has 0 atom stereocenters. The number of carbonyl (C=O) groups is 1. The molecule has 1 amide bonds. The van der Waals surface area contributed by atoms with Crippen molar-refractivity contribution in [3.8, 4) is 0 Å². The molecule has 0 fully saturated rings. The van der Waals surface area contributed by atoms with E-state index >= 15 is 0 Å². The molecule has 0 aliphatic heterocycles. The highest BCUT2D eigenvalue weighted by atomic mass is 79.9. The fourth-order valence-electron chi connectivity index (χ4n) is 0.915. The summed E-state index contributed by atoms with van der Waals surface area (Å²) in [6, 6.07) is 6.16. The van der Waals surface area contributed by atoms with Crippen LogP contribution in [0.4, 0.5) is 0 Å². The Morgan fingerprint density at radius 1 is 1.47 bits per heavy atom. The fraction of sp³-hybridized carbons (Fsp3) is 0.222. The van der Waals surface area contributed by atoms with E-state index < -0.39 is 15.9 Å². The average Bonchev–Trinajstić information content (AvgIpc) is 2.17. The number of hydrogen-bond acceptors (Lipinski definition) is 3. The smallest absolute Gasteiger partial charge is 0.264 e. The van der Waals surface area contributed by atoms with E-state index in [9.17, 15) is 13.2 Å². The van der Waals surface area contributed by atoms with E-state index in [1.807, 2.05) is 4.72 Å². The molecule has 1 aromatic carbocycles. The first-order valence-electron chi connectivity index (χ1n) is 4.27. The van der Waals surface area contributed by atoms with Crippen molar-refractivity contribution in [1.82, 2.24) is 4.72 Å². The van der Waals surface area contributed by atoms with Gasteiger partial charge in [0.25, 0.3) is 10.0 Å². The maximum Gasteiger partial charge on any atom is 0.264 e. The minimum Gasteiger partial charge on any atom is -0.274 e.